The number of aromatic nitrogens is 2. The maximum Gasteiger partial charge on any atom is 0.471 e. The van der Waals surface area contributed by atoms with Gasteiger partial charge in [-0.15, -0.1) is 10.2 Å². The fourth-order valence-electron chi connectivity index (χ4n) is 2.10. The van der Waals surface area contributed by atoms with Gasteiger partial charge in [-0.05, 0) is 6.42 Å². The molecule has 0 aliphatic carbocycles. The zero-order chi connectivity index (χ0) is 17.0. The number of hydrogen-bond donors (Lipinski definition) is 0. The monoisotopic (exact) mass is 352 g/mol. The van der Waals surface area contributed by atoms with E-state index in [2.05, 4.69) is 10.2 Å². The topological polar surface area (TPSA) is 79.5 Å². The summed E-state index contributed by atoms with van der Waals surface area (Å²) in [5.74, 6) is -1.67. The van der Waals surface area contributed by atoms with Gasteiger partial charge in [-0.25, -0.2) is 0 Å². The lowest BCUT2D eigenvalue weighted by Crippen LogP contribution is -2.43. The molecule has 1 aromatic rings. The van der Waals surface area contributed by atoms with Gasteiger partial charge in [0.25, 0.3) is 5.22 Å². The highest BCUT2D eigenvalue weighted by molar-refractivity contribution is 7.99. The van der Waals surface area contributed by atoms with Crippen molar-refractivity contribution in [1.29, 1.82) is 0 Å². The SMILES string of the molecule is Cc1nnc(SCC(=O)N2CCCN(C(=O)C(F)(F)F)CC2)o1. The van der Waals surface area contributed by atoms with Crippen LogP contribution in [-0.2, 0) is 9.59 Å². The van der Waals surface area contributed by atoms with Gasteiger partial charge >= 0.3 is 12.1 Å². The minimum absolute atomic E-state index is 0.0158. The number of halogens is 3. The first-order valence-electron chi connectivity index (χ1n) is 6.84. The highest BCUT2D eigenvalue weighted by Crippen LogP contribution is 2.20. The Bertz CT molecular complexity index is 578. The molecule has 1 aromatic heterocycles. The van der Waals surface area contributed by atoms with Crippen LogP contribution in [0.15, 0.2) is 9.64 Å². The summed E-state index contributed by atoms with van der Waals surface area (Å²) in [5.41, 5.74) is 0. The van der Waals surface area contributed by atoms with Crippen LogP contribution < -0.4 is 0 Å². The molecule has 0 radical (unpaired) electrons. The summed E-state index contributed by atoms with van der Waals surface area (Å²) < 4.78 is 42.4. The molecule has 1 fully saturated rings. The quantitative estimate of drug-likeness (QED) is 0.758. The van der Waals surface area contributed by atoms with Gasteiger partial charge in [0, 0.05) is 33.1 Å². The van der Waals surface area contributed by atoms with Crippen molar-refractivity contribution >= 4 is 23.6 Å². The van der Waals surface area contributed by atoms with E-state index in [1.807, 2.05) is 0 Å². The van der Waals surface area contributed by atoms with Crippen LogP contribution in [0, 0.1) is 6.92 Å². The average Bonchev–Trinajstić information content (AvgIpc) is 2.74. The lowest BCUT2D eigenvalue weighted by Gasteiger charge is -2.22. The predicted molar refractivity (Wildman–Crippen MR) is 73.6 cm³/mol. The zero-order valence-corrected chi connectivity index (χ0v) is 13.1. The lowest BCUT2D eigenvalue weighted by molar-refractivity contribution is -0.185. The molecule has 0 unspecified atom stereocenters. The van der Waals surface area contributed by atoms with E-state index in [0.29, 0.717) is 18.9 Å². The van der Waals surface area contributed by atoms with Crippen molar-refractivity contribution < 1.29 is 27.2 Å². The van der Waals surface area contributed by atoms with Crippen molar-refractivity contribution in [2.24, 2.45) is 0 Å². The first-order chi connectivity index (χ1) is 10.8. The zero-order valence-electron chi connectivity index (χ0n) is 12.3. The maximum atomic E-state index is 12.4. The van der Waals surface area contributed by atoms with Crippen LogP contribution in [0.3, 0.4) is 0 Å². The Morgan fingerprint density at radius 1 is 1.17 bits per heavy atom. The fraction of sp³-hybridized carbons (Fsp3) is 0.667. The maximum absolute atomic E-state index is 12.4. The Kier molecular flexibility index (Phi) is 5.50. The Labute approximate surface area is 134 Å². The van der Waals surface area contributed by atoms with Gasteiger partial charge in [0.2, 0.25) is 11.8 Å². The van der Waals surface area contributed by atoms with Crippen LogP contribution in [-0.4, -0.2) is 69.9 Å². The van der Waals surface area contributed by atoms with Gasteiger partial charge < -0.3 is 14.2 Å². The van der Waals surface area contributed by atoms with E-state index in [0.717, 1.165) is 16.7 Å². The molecule has 2 amide bonds. The van der Waals surface area contributed by atoms with E-state index >= 15 is 0 Å². The van der Waals surface area contributed by atoms with Crippen molar-refractivity contribution in [3.8, 4) is 0 Å². The normalized spacial score (nSPS) is 16.3. The molecule has 0 N–H and O–H groups in total. The van der Waals surface area contributed by atoms with E-state index in [-0.39, 0.29) is 36.5 Å². The highest BCUT2D eigenvalue weighted by Gasteiger charge is 2.42. The molecule has 1 saturated heterocycles. The molecule has 1 aliphatic heterocycles. The molecule has 0 atom stereocenters. The predicted octanol–water partition coefficient (Wildman–Crippen LogP) is 1.09. The number of thioether (sulfide) groups is 1. The van der Waals surface area contributed by atoms with Gasteiger partial charge in [-0.3, -0.25) is 9.59 Å². The van der Waals surface area contributed by atoms with Crippen LogP contribution >= 0.6 is 11.8 Å². The number of alkyl halides is 3. The summed E-state index contributed by atoms with van der Waals surface area (Å²) in [6.45, 7) is 1.86. The second-order valence-corrected chi connectivity index (χ2v) is 5.83. The minimum atomic E-state index is -4.88. The summed E-state index contributed by atoms with van der Waals surface area (Å²) in [6, 6.07) is 0. The van der Waals surface area contributed by atoms with E-state index in [9.17, 15) is 22.8 Å². The Morgan fingerprint density at radius 3 is 2.43 bits per heavy atom. The number of aryl methyl sites for hydroxylation is 1. The standard InChI is InChI=1S/C12H15F3N4O3S/c1-8-16-17-11(22-8)23-7-9(20)18-3-2-4-19(6-5-18)10(21)12(13,14)15/h2-7H2,1H3. The molecule has 0 saturated carbocycles. The number of carbonyl (C=O) groups excluding carboxylic acids is 2. The molecule has 0 spiro atoms. The third-order valence-corrected chi connectivity index (χ3v) is 4.01. The van der Waals surface area contributed by atoms with Crippen molar-refractivity contribution in [2.45, 2.75) is 24.7 Å². The van der Waals surface area contributed by atoms with E-state index in [1.165, 1.54) is 4.90 Å². The summed E-state index contributed by atoms with van der Waals surface area (Å²) in [6.07, 6.45) is -4.58. The molecule has 7 nitrogen and oxygen atoms in total. The second kappa shape index (κ2) is 7.20. The fourth-order valence-corrected chi connectivity index (χ4v) is 2.81. The van der Waals surface area contributed by atoms with Gasteiger partial charge in [0.1, 0.15) is 0 Å². The Hall–Kier alpha value is -1.78. The van der Waals surface area contributed by atoms with Crippen molar-refractivity contribution in [3.05, 3.63) is 5.89 Å². The van der Waals surface area contributed by atoms with Crippen LogP contribution in [0.1, 0.15) is 12.3 Å². The molecule has 128 valence electrons. The van der Waals surface area contributed by atoms with E-state index in [4.69, 9.17) is 4.42 Å². The Morgan fingerprint density at radius 2 is 1.83 bits per heavy atom. The van der Waals surface area contributed by atoms with Gasteiger partial charge in [0.05, 0.1) is 5.75 Å². The van der Waals surface area contributed by atoms with Crippen molar-refractivity contribution in [3.63, 3.8) is 0 Å². The molecule has 1 aliphatic rings. The molecule has 23 heavy (non-hydrogen) atoms. The Balaban J connectivity index is 1.85. The number of amides is 2. The summed E-state index contributed by atoms with van der Waals surface area (Å²) in [5, 5.41) is 7.64. The van der Waals surface area contributed by atoms with Gasteiger partial charge in [-0.2, -0.15) is 13.2 Å². The number of rotatable bonds is 3. The highest BCUT2D eigenvalue weighted by atomic mass is 32.2. The molecule has 0 aromatic carbocycles. The lowest BCUT2D eigenvalue weighted by atomic mass is 10.3. The molecular formula is C12H15F3N4O3S. The summed E-state index contributed by atoms with van der Waals surface area (Å²) >= 11 is 1.07. The van der Waals surface area contributed by atoms with Crippen LogP contribution in [0.25, 0.3) is 0 Å². The number of hydrogen-bond acceptors (Lipinski definition) is 6. The van der Waals surface area contributed by atoms with E-state index < -0.39 is 12.1 Å². The summed E-state index contributed by atoms with van der Waals surface area (Å²) in [4.78, 5) is 25.5. The molecule has 2 heterocycles. The minimum Gasteiger partial charge on any atom is -0.416 e. The second-order valence-electron chi connectivity index (χ2n) is 4.90. The number of nitrogens with zero attached hydrogens (tertiary/aromatic N) is 4. The van der Waals surface area contributed by atoms with Gasteiger partial charge in [-0.1, -0.05) is 11.8 Å². The molecule has 2 rings (SSSR count). The average molecular weight is 352 g/mol. The van der Waals surface area contributed by atoms with Crippen molar-refractivity contribution in [2.75, 3.05) is 31.9 Å². The summed E-state index contributed by atoms with van der Waals surface area (Å²) in [7, 11) is 0. The van der Waals surface area contributed by atoms with Crippen molar-refractivity contribution in [1.82, 2.24) is 20.0 Å². The van der Waals surface area contributed by atoms with Crippen LogP contribution in [0.5, 0.6) is 0 Å². The molecule has 0 bridgehead atoms. The largest absolute Gasteiger partial charge is 0.471 e. The third-order valence-electron chi connectivity index (χ3n) is 3.20. The molecule has 11 heteroatoms. The first-order valence-corrected chi connectivity index (χ1v) is 7.82. The van der Waals surface area contributed by atoms with Gasteiger partial charge in [0.15, 0.2) is 0 Å². The third kappa shape index (κ3) is 4.85. The van der Waals surface area contributed by atoms with Crippen LogP contribution in [0.4, 0.5) is 13.2 Å². The van der Waals surface area contributed by atoms with Crippen LogP contribution in [0.2, 0.25) is 0 Å². The number of carbonyl (C=O) groups is 2. The smallest absolute Gasteiger partial charge is 0.416 e. The van der Waals surface area contributed by atoms with E-state index in [1.54, 1.807) is 6.92 Å². The molecular weight excluding hydrogens is 337 g/mol. The first kappa shape index (κ1) is 17.6.